The van der Waals surface area contributed by atoms with Gasteiger partial charge in [0.05, 0.1) is 19.8 Å². The molecule has 29 heavy (non-hydrogen) atoms. The maximum Gasteiger partial charge on any atom is 0.257 e. The first-order valence-corrected chi connectivity index (χ1v) is 9.77. The average Bonchev–Trinajstić information content (AvgIpc) is 2.71. The van der Waals surface area contributed by atoms with E-state index < -0.39 is 0 Å². The molecule has 0 aromatic heterocycles. The number of guanidine groups is 1. The van der Waals surface area contributed by atoms with E-state index in [0.29, 0.717) is 23.8 Å². The standard InChI is InChI=1S/C22H27FN4O2/c1-16-6-7-18(14-17(16)2)21(28)26-22(25-20-5-3-4-19(23)15-20)24-8-9-27-10-12-29-13-11-27/h3-7,14-15H,8-13H2,1-2H3,(H2,24,25,26,28). The van der Waals surface area contributed by atoms with Crippen LogP contribution in [0.25, 0.3) is 0 Å². The summed E-state index contributed by atoms with van der Waals surface area (Å²) in [5, 5.41) is 5.84. The molecule has 1 aliphatic rings. The normalized spacial score (nSPS) is 15.2. The lowest BCUT2D eigenvalue weighted by Crippen LogP contribution is -2.39. The number of aliphatic imine (C=N–C) groups is 1. The van der Waals surface area contributed by atoms with Crippen molar-refractivity contribution >= 4 is 17.6 Å². The van der Waals surface area contributed by atoms with E-state index in [1.54, 1.807) is 18.2 Å². The predicted octanol–water partition coefficient (Wildman–Crippen LogP) is 2.97. The summed E-state index contributed by atoms with van der Waals surface area (Å²) in [6.07, 6.45) is 0. The predicted molar refractivity (Wildman–Crippen MR) is 113 cm³/mol. The number of nitrogens with zero attached hydrogens (tertiary/aromatic N) is 2. The van der Waals surface area contributed by atoms with Crippen molar-refractivity contribution in [1.29, 1.82) is 0 Å². The Bertz CT molecular complexity index is 879. The van der Waals surface area contributed by atoms with Gasteiger partial charge in [-0.3, -0.25) is 20.0 Å². The van der Waals surface area contributed by atoms with Gasteiger partial charge in [-0.2, -0.15) is 0 Å². The van der Waals surface area contributed by atoms with Crippen molar-refractivity contribution in [3.05, 3.63) is 65.0 Å². The van der Waals surface area contributed by atoms with Gasteiger partial charge in [-0.25, -0.2) is 4.39 Å². The number of benzene rings is 2. The van der Waals surface area contributed by atoms with Gasteiger partial charge in [0.25, 0.3) is 5.91 Å². The van der Waals surface area contributed by atoms with Crippen LogP contribution in [0.3, 0.4) is 0 Å². The molecule has 2 aromatic rings. The Balaban J connectivity index is 1.70. The lowest BCUT2D eigenvalue weighted by atomic mass is 10.1. The number of halogens is 1. The van der Waals surface area contributed by atoms with Crippen molar-refractivity contribution in [3.8, 4) is 0 Å². The van der Waals surface area contributed by atoms with E-state index in [1.807, 2.05) is 26.0 Å². The van der Waals surface area contributed by atoms with Gasteiger partial charge < -0.3 is 10.1 Å². The highest BCUT2D eigenvalue weighted by Crippen LogP contribution is 2.11. The number of ether oxygens (including phenoxy) is 1. The Labute approximate surface area is 170 Å². The maximum absolute atomic E-state index is 13.5. The molecular formula is C22H27FN4O2. The quantitative estimate of drug-likeness (QED) is 0.600. The second-order valence-electron chi connectivity index (χ2n) is 7.07. The third-order valence-electron chi connectivity index (χ3n) is 4.88. The van der Waals surface area contributed by atoms with Crippen LogP contribution in [0.15, 0.2) is 47.5 Å². The first kappa shape index (κ1) is 21.0. The van der Waals surface area contributed by atoms with E-state index in [0.717, 1.165) is 44.0 Å². The molecule has 0 atom stereocenters. The minimum absolute atomic E-state index is 0.262. The number of rotatable bonds is 5. The van der Waals surface area contributed by atoms with Crippen LogP contribution in [0.4, 0.5) is 10.1 Å². The minimum atomic E-state index is -0.358. The van der Waals surface area contributed by atoms with E-state index in [-0.39, 0.29) is 11.7 Å². The van der Waals surface area contributed by atoms with Crippen LogP contribution in [0, 0.1) is 19.7 Å². The van der Waals surface area contributed by atoms with Crippen LogP contribution in [0.1, 0.15) is 21.5 Å². The molecule has 0 radical (unpaired) electrons. The molecule has 0 bridgehead atoms. The van der Waals surface area contributed by atoms with Gasteiger partial charge >= 0.3 is 0 Å². The molecular weight excluding hydrogens is 371 g/mol. The van der Waals surface area contributed by atoms with Gasteiger partial charge in [0, 0.05) is 30.9 Å². The van der Waals surface area contributed by atoms with Gasteiger partial charge in [-0.1, -0.05) is 12.1 Å². The van der Waals surface area contributed by atoms with Crippen LogP contribution >= 0.6 is 0 Å². The Morgan fingerprint density at radius 3 is 2.66 bits per heavy atom. The topological polar surface area (TPSA) is 66.0 Å². The van der Waals surface area contributed by atoms with Gasteiger partial charge in [0.15, 0.2) is 0 Å². The smallest absolute Gasteiger partial charge is 0.257 e. The summed E-state index contributed by atoms with van der Waals surface area (Å²) in [7, 11) is 0. The van der Waals surface area contributed by atoms with E-state index >= 15 is 0 Å². The zero-order valence-corrected chi connectivity index (χ0v) is 16.9. The van der Waals surface area contributed by atoms with Crippen LogP contribution in [-0.2, 0) is 4.74 Å². The van der Waals surface area contributed by atoms with E-state index in [2.05, 4.69) is 20.5 Å². The average molecular weight is 398 g/mol. The lowest BCUT2D eigenvalue weighted by Gasteiger charge is -2.25. The summed E-state index contributed by atoms with van der Waals surface area (Å²) < 4.78 is 18.9. The first-order chi connectivity index (χ1) is 14.0. The van der Waals surface area contributed by atoms with E-state index in [4.69, 9.17) is 4.74 Å². The van der Waals surface area contributed by atoms with Crippen LogP contribution in [0.5, 0.6) is 0 Å². The second kappa shape index (κ2) is 10.1. The molecule has 0 aliphatic carbocycles. The molecule has 1 aliphatic heterocycles. The molecule has 6 nitrogen and oxygen atoms in total. The monoisotopic (exact) mass is 398 g/mol. The summed E-state index contributed by atoms with van der Waals surface area (Å²) in [5.74, 6) is -0.322. The van der Waals surface area contributed by atoms with Gasteiger partial charge in [0.1, 0.15) is 5.82 Å². The van der Waals surface area contributed by atoms with Crippen molar-refractivity contribution in [3.63, 3.8) is 0 Å². The molecule has 2 N–H and O–H groups in total. The van der Waals surface area contributed by atoms with Crippen molar-refractivity contribution in [2.24, 2.45) is 4.99 Å². The molecule has 1 heterocycles. The third-order valence-corrected chi connectivity index (χ3v) is 4.88. The summed E-state index contributed by atoms with van der Waals surface area (Å²) in [4.78, 5) is 19.5. The Hall–Kier alpha value is -2.77. The van der Waals surface area contributed by atoms with E-state index in [1.165, 1.54) is 12.1 Å². The van der Waals surface area contributed by atoms with Crippen molar-refractivity contribution < 1.29 is 13.9 Å². The fourth-order valence-electron chi connectivity index (χ4n) is 3.00. The SMILES string of the molecule is Cc1ccc(C(=O)NC(=NCCN2CCOCC2)Nc2cccc(F)c2)cc1C. The molecule has 0 saturated carbocycles. The van der Waals surface area contributed by atoms with Crippen LogP contribution < -0.4 is 10.6 Å². The number of aryl methyl sites for hydroxylation is 2. The highest BCUT2D eigenvalue weighted by molar-refractivity contribution is 6.10. The zero-order valence-electron chi connectivity index (χ0n) is 16.9. The van der Waals surface area contributed by atoms with Gasteiger partial charge in [-0.15, -0.1) is 0 Å². The molecule has 7 heteroatoms. The Morgan fingerprint density at radius 1 is 1.14 bits per heavy atom. The third kappa shape index (κ3) is 6.37. The maximum atomic E-state index is 13.5. The van der Waals surface area contributed by atoms with E-state index in [9.17, 15) is 9.18 Å². The lowest BCUT2D eigenvalue weighted by molar-refractivity contribution is 0.0394. The molecule has 2 aromatic carbocycles. The van der Waals surface area contributed by atoms with Gasteiger partial charge in [0.2, 0.25) is 5.96 Å². The fraction of sp³-hybridized carbons (Fsp3) is 0.364. The Morgan fingerprint density at radius 2 is 1.93 bits per heavy atom. The molecule has 1 fully saturated rings. The molecule has 1 saturated heterocycles. The molecule has 0 unspecified atom stereocenters. The number of carbonyl (C=O) groups is 1. The number of hydrogen-bond acceptors (Lipinski definition) is 4. The number of carbonyl (C=O) groups excluding carboxylic acids is 1. The highest BCUT2D eigenvalue weighted by atomic mass is 19.1. The zero-order chi connectivity index (χ0) is 20.6. The summed E-state index contributed by atoms with van der Waals surface area (Å²) in [6.45, 7) is 8.43. The highest BCUT2D eigenvalue weighted by Gasteiger charge is 2.12. The summed E-state index contributed by atoms with van der Waals surface area (Å²) >= 11 is 0. The van der Waals surface area contributed by atoms with Crippen LogP contribution in [0.2, 0.25) is 0 Å². The van der Waals surface area contributed by atoms with Crippen molar-refractivity contribution in [2.45, 2.75) is 13.8 Å². The van der Waals surface area contributed by atoms with Gasteiger partial charge in [-0.05, 0) is 55.3 Å². The van der Waals surface area contributed by atoms with Crippen molar-refractivity contribution in [1.82, 2.24) is 10.2 Å². The minimum Gasteiger partial charge on any atom is -0.379 e. The molecule has 154 valence electrons. The number of hydrogen-bond donors (Lipinski definition) is 2. The number of nitrogens with one attached hydrogen (secondary N) is 2. The second-order valence-corrected chi connectivity index (χ2v) is 7.07. The molecule has 1 amide bonds. The number of anilines is 1. The van der Waals surface area contributed by atoms with Crippen molar-refractivity contribution in [2.75, 3.05) is 44.7 Å². The summed E-state index contributed by atoms with van der Waals surface area (Å²) in [6, 6.07) is 11.6. The summed E-state index contributed by atoms with van der Waals surface area (Å²) in [5.41, 5.74) is 3.24. The molecule has 0 spiro atoms. The first-order valence-electron chi connectivity index (χ1n) is 9.77. The number of morpholine rings is 1. The Kier molecular flexibility index (Phi) is 7.32. The molecule has 3 rings (SSSR count). The number of amides is 1. The largest absolute Gasteiger partial charge is 0.379 e. The van der Waals surface area contributed by atoms with Crippen LogP contribution in [-0.4, -0.2) is 56.2 Å². The fourth-order valence-corrected chi connectivity index (χ4v) is 3.00.